The predicted molar refractivity (Wildman–Crippen MR) is 137 cm³/mol. The van der Waals surface area contributed by atoms with Crippen LogP contribution in [-0.4, -0.2) is 0 Å². The molecule has 2 aliphatic carbocycles. The molecule has 0 nitrogen and oxygen atoms in total. The highest BCUT2D eigenvalue weighted by Gasteiger charge is 2.25. The van der Waals surface area contributed by atoms with E-state index in [-0.39, 0.29) is 5.82 Å². The first-order valence-electron chi connectivity index (χ1n) is 13.5. The fourth-order valence-corrected chi connectivity index (χ4v) is 6.49. The molecule has 2 fully saturated rings. The van der Waals surface area contributed by atoms with Crippen LogP contribution in [-0.2, 0) is 6.42 Å². The quantitative estimate of drug-likeness (QED) is 0.344. The van der Waals surface area contributed by atoms with E-state index in [1.807, 2.05) is 12.1 Å². The molecule has 174 valence electrons. The van der Waals surface area contributed by atoms with Gasteiger partial charge in [-0.3, -0.25) is 0 Å². The van der Waals surface area contributed by atoms with Crippen molar-refractivity contribution in [1.82, 2.24) is 0 Å². The van der Waals surface area contributed by atoms with Crippen LogP contribution in [0.15, 0.2) is 43.0 Å². The van der Waals surface area contributed by atoms with Gasteiger partial charge in [0.25, 0.3) is 0 Å². The van der Waals surface area contributed by atoms with Crippen LogP contribution in [0.3, 0.4) is 0 Å². The van der Waals surface area contributed by atoms with E-state index >= 15 is 0 Å². The molecule has 0 bridgehead atoms. The Hall–Kier alpha value is -1.63. The molecule has 32 heavy (non-hydrogen) atoms. The lowest BCUT2D eigenvalue weighted by molar-refractivity contribution is 0.225. The van der Waals surface area contributed by atoms with Gasteiger partial charge in [-0.1, -0.05) is 88.3 Å². The molecule has 4 rings (SSSR count). The number of aryl methyl sites for hydroxylation is 1. The van der Waals surface area contributed by atoms with Gasteiger partial charge in [0.05, 0.1) is 0 Å². The third-order valence-electron chi connectivity index (χ3n) is 8.62. The van der Waals surface area contributed by atoms with Gasteiger partial charge in [0.2, 0.25) is 0 Å². The SMILES string of the molecule is C=CCCC1CCC(CCC2CCC(c3ccc4c(F)c(CCC)ccc4c3)CC2)CC1. The Labute approximate surface area is 195 Å². The maximum atomic E-state index is 14.8. The van der Waals surface area contributed by atoms with Crippen LogP contribution >= 0.6 is 0 Å². The molecular weight excluding hydrogens is 391 g/mol. The summed E-state index contributed by atoms with van der Waals surface area (Å²) in [6.07, 6.45) is 20.6. The molecule has 2 aliphatic rings. The second-order valence-corrected chi connectivity index (χ2v) is 10.8. The van der Waals surface area contributed by atoms with Crippen molar-refractivity contribution in [2.24, 2.45) is 17.8 Å². The van der Waals surface area contributed by atoms with Gasteiger partial charge in [0.15, 0.2) is 0 Å². The van der Waals surface area contributed by atoms with E-state index in [1.54, 1.807) is 0 Å². The predicted octanol–water partition coefficient (Wildman–Crippen LogP) is 9.76. The molecule has 0 heterocycles. The Kier molecular flexibility index (Phi) is 8.44. The lowest BCUT2D eigenvalue weighted by Gasteiger charge is -2.32. The molecule has 1 heteroatoms. The van der Waals surface area contributed by atoms with Crippen molar-refractivity contribution >= 4 is 10.8 Å². The van der Waals surface area contributed by atoms with Crippen molar-refractivity contribution in [1.29, 1.82) is 0 Å². The van der Waals surface area contributed by atoms with Crippen molar-refractivity contribution in [3.63, 3.8) is 0 Å². The average molecular weight is 435 g/mol. The summed E-state index contributed by atoms with van der Waals surface area (Å²) in [6.45, 7) is 5.99. The first-order chi connectivity index (χ1) is 15.7. The lowest BCUT2D eigenvalue weighted by Crippen LogP contribution is -2.17. The maximum absolute atomic E-state index is 14.8. The van der Waals surface area contributed by atoms with Crippen molar-refractivity contribution in [3.8, 4) is 0 Å². The zero-order valence-corrected chi connectivity index (χ0v) is 20.3. The Balaban J connectivity index is 1.24. The van der Waals surface area contributed by atoms with Crippen LogP contribution < -0.4 is 0 Å². The molecule has 0 N–H and O–H groups in total. The Morgan fingerprint density at radius 3 is 2.09 bits per heavy atom. The molecule has 0 atom stereocenters. The van der Waals surface area contributed by atoms with E-state index in [1.165, 1.54) is 82.6 Å². The third-order valence-corrected chi connectivity index (χ3v) is 8.62. The normalized spacial score (nSPS) is 26.3. The molecular formula is C31H43F. The Bertz CT molecular complexity index is 865. The van der Waals surface area contributed by atoms with E-state index in [4.69, 9.17) is 0 Å². The van der Waals surface area contributed by atoms with Gasteiger partial charge in [-0.2, -0.15) is 0 Å². The fourth-order valence-electron chi connectivity index (χ4n) is 6.49. The molecule has 0 aromatic heterocycles. The molecule has 0 radical (unpaired) electrons. The summed E-state index contributed by atoms with van der Waals surface area (Å²) in [5.74, 6) is 3.54. The Morgan fingerprint density at radius 2 is 1.47 bits per heavy atom. The van der Waals surface area contributed by atoms with Crippen LogP contribution in [0.25, 0.3) is 10.8 Å². The molecule has 2 aromatic carbocycles. The second kappa shape index (κ2) is 11.5. The molecule has 0 saturated heterocycles. The summed E-state index contributed by atoms with van der Waals surface area (Å²) in [4.78, 5) is 0. The van der Waals surface area contributed by atoms with Gasteiger partial charge in [-0.15, -0.1) is 6.58 Å². The Morgan fingerprint density at radius 1 is 0.844 bits per heavy atom. The number of allylic oxidation sites excluding steroid dienone is 1. The second-order valence-electron chi connectivity index (χ2n) is 10.8. The number of rotatable bonds is 9. The van der Waals surface area contributed by atoms with Crippen molar-refractivity contribution in [3.05, 3.63) is 59.9 Å². The molecule has 0 unspecified atom stereocenters. The van der Waals surface area contributed by atoms with E-state index in [2.05, 4.69) is 37.8 Å². The fraction of sp³-hybridized carbons (Fsp3) is 0.613. The van der Waals surface area contributed by atoms with Crippen LogP contribution in [0.1, 0.15) is 107 Å². The maximum Gasteiger partial charge on any atom is 0.134 e. The summed E-state index contributed by atoms with van der Waals surface area (Å²) in [7, 11) is 0. The number of benzene rings is 2. The van der Waals surface area contributed by atoms with Crippen LogP contribution in [0, 0.1) is 23.6 Å². The van der Waals surface area contributed by atoms with Crippen molar-refractivity contribution in [2.45, 2.75) is 103 Å². The average Bonchev–Trinajstić information content (AvgIpc) is 2.84. The van der Waals surface area contributed by atoms with Crippen molar-refractivity contribution in [2.75, 3.05) is 0 Å². The summed E-state index contributed by atoms with van der Waals surface area (Å²) < 4.78 is 14.8. The van der Waals surface area contributed by atoms with Crippen molar-refractivity contribution < 1.29 is 4.39 Å². The minimum Gasteiger partial charge on any atom is -0.206 e. The first-order valence-corrected chi connectivity index (χ1v) is 13.5. The molecule has 0 amide bonds. The van der Waals surface area contributed by atoms with Gasteiger partial charge in [0.1, 0.15) is 5.82 Å². The van der Waals surface area contributed by atoms with Crippen LogP contribution in [0.2, 0.25) is 0 Å². The lowest BCUT2D eigenvalue weighted by atomic mass is 9.74. The van der Waals surface area contributed by atoms with Gasteiger partial charge in [-0.05, 0) is 85.1 Å². The van der Waals surface area contributed by atoms with E-state index in [0.717, 1.165) is 46.9 Å². The number of hydrogen-bond acceptors (Lipinski definition) is 0. The summed E-state index contributed by atoms with van der Waals surface area (Å²) in [5.41, 5.74) is 2.29. The highest BCUT2D eigenvalue weighted by atomic mass is 19.1. The third kappa shape index (κ3) is 5.83. The molecule has 2 saturated carbocycles. The molecule has 0 spiro atoms. The first kappa shape index (κ1) is 23.5. The van der Waals surface area contributed by atoms with Gasteiger partial charge in [-0.25, -0.2) is 4.39 Å². The standard InChI is InChI=1S/C31H43F/c1-3-5-7-23-8-10-24(11-9-23)12-13-25-14-16-26(17-15-25)28-20-21-30-29(22-28)19-18-27(6-4-2)31(30)32/h3,18-26H,1,4-17H2,2H3. The zero-order chi connectivity index (χ0) is 22.3. The highest BCUT2D eigenvalue weighted by molar-refractivity contribution is 5.84. The van der Waals surface area contributed by atoms with Crippen LogP contribution in [0.4, 0.5) is 4.39 Å². The molecule has 2 aromatic rings. The number of hydrogen-bond donors (Lipinski definition) is 0. The summed E-state index contributed by atoms with van der Waals surface area (Å²) in [5, 5.41) is 1.87. The summed E-state index contributed by atoms with van der Waals surface area (Å²) in [6, 6.07) is 10.6. The van der Waals surface area contributed by atoms with E-state index in [0.29, 0.717) is 5.92 Å². The monoisotopic (exact) mass is 434 g/mol. The topological polar surface area (TPSA) is 0 Å². The minimum absolute atomic E-state index is 0.00523. The van der Waals surface area contributed by atoms with Gasteiger partial charge < -0.3 is 0 Å². The summed E-state index contributed by atoms with van der Waals surface area (Å²) >= 11 is 0. The smallest absolute Gasteiger partial charge is 0.134 e. The van der Waals surface area contributed by atoms with Gasteiger partial charge >= 0.3 is 0 Å². The largest absolute Gasteiger partial charge is 0.206 e. The molecule has 0 aliphatic heterocycles. The van der Waals surface area contributed by atoms with Gasteiger partial charge in [0, 0.05) is 5.39 Å². The highest BCUT2D eigenvalue weighted by Crippen LogP contribution is 2.41. The zero-order valence-electron chi connectivity index (χ0n) is 20.3. The van der Waals surface area contributed by atoms with E-state index in [9.17, 15) is 4.39 Å². The minimum atomic E-state index is -0.00523. The van der Waals surface area contributed by atoms with Crippen LogP contribution in [0.5, 0.6) is 0 Å². The number of fused-ring (bicyclic) bond motifs is 1. The number of halogens is 1. The van der Waals surface area contributed by atoms with E-state index < -0.39 is 0 Å².